The van der Waals surface area contributed by atoms with Crippen LogP contribution >= 0.6 is 11.8 Å². The Morgan fingerprint density at radius 3 is 2.75 bits per heavy atom. The first-order valence-electron chi connectivity index (χ1n) is 6.11. The fraction of sp³-hybridized carbons (Fsp3) is 0.214. The standard InChI is InChI=1S/C14H15N3O2S/c1-10-5-3-4-6-11(10)9-20-14-8-12(17(18)19)7-13(15-2)16-14/h3-8H,9H2,1-2H3,(H,15,16). The molecule has 5 nitrogen and oxygen atoms in total. The van der Waals surface area contributed by atoms with E-state index in [0.29, 0.717) is 10.8 Å². The summed E-state index contributed by atoms with van der Waals surface area (Å²) in [6, 6.07) is 11.0. The van der Waals surface area contributed by atoms with Gasteiger partial charge in [-0.25, -0.2) is 4.98 Å². The van der Waals surface area contributed by atoms with Crippen LogP contribution < -0.4 is 5.32 Å². The third kappa shape index (κ3) is 3.48. The first kappa shape index (κ1) is 14.3. The quantitative estimate of drug-likeness (QED) is 0.517. The number of aromatic nitrogens is 1. The van der Waals surface area contributed by atoms with E-state index < -0.39 is 4.92 Å². The molecule has 0 unspecified atom stereocenters. The van der Waals surface area contributed by atoms with Crippen LogP contribution in [0.2, 0.25) is 0 Å². The van der Waals surface area contributed by atoms with Gasteiger partial charge < -0.3 is 5.32 Å². The van der Waals surface area contributed by atoms with E-state index in [1.165, 1.54) is 35.0 Å². The zero-order chi connectivity index (χ0) is 14.5. The average Bonchev–Trinajstić information content (AvgIpc) is 2.46. The van der Waals surface area contributed by atoms with Crippen LogP contribution in [0.1, 0.15) is 11.1 Å². The monoisotopic (exact) mass is 289 g/mol. The molecule has 104 valence electrons. The van der Waals surface area contributed by atoms with Crippen LogP contribution in [0.25, 0.3) is 0 Å². The number of nitrogens with one attached hydrogen (secondary N) is 1. The summed E-state index contributed by atoms with van der Waals surface area (Å²) in [5.41, 5.74) is 2.47. The molecule has 6 heteroatoms. The van der Waals surface area contributed by atoms with Crippen molar-refractivity contribution in [2.75, 3.05) is 12.4 Å². The van der Waals surface area contributed by atoms with Crippen LogP contribution in [0.5, 0.6) is 0 Å². The maximum Gasteiger partial charge on any atom is 0.275 e. The molecule has 0 saturated heterocycles. The van der Waals surface area contributed by atoms with Crippen molar-refractivity contribution in [2.45, 2.75) is 17.7 Å². The highest BCUT2D eigenvalue weighted by Crippen LogP contribution is 2.27. The van der Waals surface area contributed by atoms with Gasteiger partial charge in [0, 0.05) is 18.9 Å². The molecule has 1 heterocycles. The number of rotatable bonds is 5. The molecule has 0 aliphatic rings. The second kappa shape index (κ2) is 6.38. The van der Waals surface area contributed by atoms with E-state index in [-0.39, 0.29) is 5.69 Å². The number of nitrogens with zero attached hydrogens (tertiary/aromatic N) is 2. The second-order valence-electron chi connectivity index (χ2n) is 4.27. The number of anilines is 1. The number of thioether (sulfide) groups is 1. The molecule has 0 spiro atoms. The Bertz CT molecular complexity index is 632. The minimum Gasteiger partial charge on any atom is -0.373 e. The van der Waals surface area contributed by atoms with Crippen molar-refractivity contribution in [3.63, 3.8) is 0 Å². The van der Waals surface area contributed by atoms with Gasteiger partial charge in [-0.2, -0.15) is 0 Å². The topological polar surface area (TPSA) is 68.1 Å². The lowest BCUT2D eigenvalue weighted by Gasteiger charge is -2.06. The molecule has 1 aromatic carbocycles. The molecule has 0 aliphatic heterocycles. The van der Waals surface area contributed by atoms with Crippen LogP contribution in [0.3, 0.4) is 0 Å². The van der Waals surface area contributed by atoms with Gasteiger partial charge >= 0.3 is 0 Å². The predicted octanol–water partition coefficient (Wildman–Crippen LogP) is 3.63. The number of aryl methyl sites for hydroxylation is 1. The average molecular weight is 289 g/mol. The van der Waals surface area contributed by atoms with E-state index >= 15 is 0 Å². The van der Waals surface area contributed by atoms with E-state index in [0.717, 1.165) is 5.75 Å². The molecule has 0 aliphatic carbocycles. The van der Waals surface area contributed by atoms with E-state index in [1.54, 1.807) is 7.05 Å². The lowest BCUT2D eigenvalue weighted by molar-refractivity contribution is -0.385. The molecule has 20 heavy (non-hydrogen) atoms. The fourth-order valence-electron chi connectivity index (χ4n) is 1.72. The summed E-state index contributed by atoms with van der Waals surface area (Å²) in [5.74, 6) is 1.25. The Labute approximate surface area is 121 Å². The molecule has 0 fully saturated rings. The summed E-state index contributed by atoms with van der Waals surface area (Å²) in [4.78, 5) is 14.8. The van der Waals surface area contributed by atoms with Crippen molar-refractivity contribution in [3.05, 3.63) is 57.6 Å². The van der Waals surface area contributed by atoms with Gasteiger partial charge in [-0.1, -0.05) is 24.3 Å². The maximum absolute atomic E-state index is 10.9. The summed E-state index contributed by atoms with van der Waals surface area (Å²) in [6.45, 7) is 2.05. The summed E-state index contributed by atoms with van der Waals surface area (Å²) in [6.07, 6.45) is 0. The molecule has 0 atom stereocenters. The minimum absolute atomic E-state index is 0.0524. The highest BCUT2D eigenvalue weighted by molar-refractivity contribution is 7.98. The molecule has 1 N–H and O–H groups in total. The Morgan fingerprint density at radius 1 is 1.35 bits per heavy atom. The number of hydrogen-bond donors (Lipinski definition) is 1. The lowest BCUT2D eigenvalue weighted by Crippen LogP contribution is -1.97. The second-order valence-corrected chi connectivity index (χ2v) is 5.27. The minimum atomic E-state index is -0.402. The normalized spacial score (nSPS) is 10.3. The van der Waals surface area contributed by atoms with E-state index in [2.05, 4.69) is 29.4 Å². The molecule has 0 saturated carbocycles. The van der Waals surface area contributed by atoms with Gasteiger partial charge in [-0.05, 0) is 18.1 Å². The van der Waals surface area contributed by atoms with Crippen molar-refractivity contribution in [1.82, 2.24) is 4.98 Å². The summed E-state index contributed by atoms with van der Waals surface area (Å²) >= 11 is 1.49. The fourth-order valence-corrected chi connectivity index (χ4v) is 2.72. The van der Waals surface area contributed by atoms with Gasteiger partial charge in [0.1, 0.15) is 10.8 Å². The van der Waals surface area contributed by atoms with Crippen molar-refractivity contribution >= 4 is 23.3 Å². The van der Waals surface area contributed by atoms with E-state index in [1.807, 2.05) is 12.1 Å². The van der Waals surface area contributed by atoms with Gasteiger partial charge in [-0.15, -0.1) is 11.8 Å². The summed E-state index contributed by atoms with van der Waals surface area (Å²) in [5, 5.41) is 14.4. The third-order valence-corrected chi connectivity index (χ3v) is 3.85. The van der Waals surface area contributed by atoms with Gasteiger partial charge in [0.05, 0.1) is 11.0 Å². The Balaban J connectivity index is 2.19. The smallest absolute Gasteiger partial charge is 0.275 e. The maximum atomic E-state index is 10.9. The number of nitro groups is 1. The molecule has 0 radical (unpaired) electrons. The Hall–Kier alpha value is -2.08. The van der Waals surface area contributed by atoms with Gasteiger partial charge in [0.15, 0.2) is 0 Å². The van der Waals surface area contributed by atoms with Crippen molar-refractivity contribution < 1.29 is 4.92 Å². The van der Waals surface area contributed by atoms with Crippen molar-refractivity contribution in [3.8, 4) is 0 Å². The number of hydrogen-bond acceptors (Lipinski definition) is 5. The molecule has 0 bridgehead atoms. The van der Waals surface area contributed by atoms with Crippen LogP contribution in [0.15, 0.2) is 41.4 Å². The SMILES string of the molecule is CNc1cc([N+](=O)[O-])cc(SCc2ccccc2C)n1. The molecule has 2 aromatic rings. The predicted molar refractivity (Wildman–Crippen MR) is 81.2 cm³/mol. The molecular formula is C14H15N3O2S. The van der Waals surface area contributed by atoms with Crippen molar-refractivity contribution in [1.29, 1.82) is 0 Å². The lowest BCUT2D eigenvalue weighted by atomic mass is 10.1. The van der Waals surface area contributed by atoms with E-state index in [4.69, 9.17) is 0 Å². The van der Waals surface area contributed by atoms with E-state index in [9.17, 15) is 10.1 Å². The number of pyridine rings is 1. The van der Waals surface area contributed by atoms with Gasteiger partial charge in [0.2, 0.25) is 0 Å². The Morgan fingerprint density at radius 2 is 2.10 bits per heavy atom. The van der Waals surface area contributed by atoms with Crippen LogP contribution in [0.4, 0.5) is 11.5 Å². The van der Waals surface area contributed by atoms with Crippen molar-refractivity contribution in [2.24, 2.45) is 0 Å². The molecule has 1 aromatic heterocycles. The Kier molecular flexibility index (Phi) is 4.57. The number of benzene rings is 1. The largest absolute Gasteiger partial charge is 0.373 e. The third-order valence-electron chi connectivity index (χ3n) is 2.89. The molecule has 2 rings (SSSR count). The first-order valence-corrected chi connectivity index (χ1v) is 7.10. The molecular weight excluding hydrogens is 274 g/mol. The zero-order valence-electron chi connectivity index (χ0n) is 11.3. The van der Waals surface area contributed by atoms with Crippen LogP contribution in [-0.2, 0) is 5.75 Å². The summed E-state index contributed by atoms with van der Waals surface area (Å²) in [7, 11) is 1.70. The van der Waals surface area contributed by atoms with Gasteiger partial charge in [-0.3, -0.25) is 10.1 Å². The van der Waals surface area contributed by atoms with Gasteiger partial charge in [0.25, 0.3) is 5.69 Å². The zero-order valence-corrected chi connectivity index (χ0v) is 12.1. The molecule has 0 amide bonds. The van der Waals surface area contributed by atoms with Crippen LogP contribution in [-0.4, -0.2) is 17.0 Å². The first-order chi connectivity index (χ1) is 9.60. The highest BCUT2D eigenvalue weighted by atomic mass is 32.2. The summed E-state index contributed by atoms with van der Waals surface area (Å²) < 4.78 is 0. The highest BCUT2D eigenvalue weighted by Gasteiger charge is 2.11. The van der Waals surface area contributed by atoms with Crippen LogP contribution in [0, 0.1) is 17.0 Å².